The molecule has 0 aromatic heterocycles. The van der Waals surface area contributed by atoms with E-state index < -0.39 is 27.2 Å². The molecule has 1 aliphatic heterocycles. The lowest BCUT2D eigenvalue weighted by molar-refractivity contribution is -0.384. The molecule has 0 spiro atoms. The molecule has 1 heterocycles. The Hall–Kier alpha value is -2.17. The Balaban J connectivity index is 2.05. The molecule has 0 aliphatic carbocycles. The molecule has 0 saturated carbocycles. The van der Waals surface area contributed by atoms with Crippen LogP contribution >= 0.6 is 27.5 Å². The fraction of sp³-hybridized carbons (Fsp3) is 0.381. The number of amides is 1. The van der Waals surface area contributed by atoms with Gasteiger partial charge in [0.25, 0.3) is 15.7 Å². The summed E-state index contributed by atoms with van der Waals surface area (Å²) in [5, 5.41) is 11.1. The molecular formula is C21H23BrClN3O5S. The Morgan fingerprint density at radius 2 is 1.78 bits per heavy atom. The minimum atomic E-state index is -4.30. The van der Waals surface area contributed by atoms with Gasteiger partial charge in [-0.05, 0) is 69.5 Å². The van der Waals surface area contributed by atoms with Crippen LogP contribution in [0.1, 0.15) is 33.1 Å². The van der Waals surface area contributed by atoms with Gasteiger partial charge in [0, 0.05) is 22.6 Å². The molecule has 1 saturated heterocycles. The number of anilines is 1. The number of likely N-dealkylation sites (tertiary alicyclic amines) is 1. The fourth-order valence-corrected chi connectivity index (χ4v) is 5.85. The van der Waals surface area contributed by atoms with Crippen LogP contribution in [-0.2, 0) is 14.8 Å². The van der Waals surface area contributed by atoms with Gasteiger partial charge in [0.1, 0.15) is 11.6 Å². The van der Waals surface area contributed by atoms with E-state index in [9.17, 15) is 23.3 Å². The normalized spacial score (nSPS) is 18.9. The standard InChI is InChI=1S/C21H23BrClN3O5S/c1-14-4-3-5-15(2)25(14)21(27)13-24(17-8-6-16(22)7-9-17)32(30,31)18-10-11-19(23)20(12-18)26(28)29/h6-12,14-15H,3-5,13H2,1-2H3/t14-,15+. The summed E-state index contributed by atoms with van der Waals surface area (Å²) in [6.07, 6.45) is 2.71. The molecule has 3 rings (SSSR count). The summed E-state index contributed by atoms with van der Waals surface area (Å²) in [4.78, 5) is 25.2. The van der Waals surface area contributed by atoms with Gasteiger partial charge in [-0.2, -0.15) is 0 Å². The number of carbonyl (C=O) groups excluding carboxylic acids is 1. The summed E-state index contributed by atoms with van der Waals surface area (Å²) in [7, 11) is -4.30. The molecule has 8 nitrogen and oxygen atoms in total. The van der Waals surface area contributed by atoms with Crippen molar-refractivity contribution in [2.45, 2.75) is 50.1 Å². The Kier molecular flexibility index (Phi) is 7.46. The maximum atomic E-state index is 13.6. The first-order valence-electron chi connectivity index (χ1n) is 10.1. The number of nitrogens with zero attached hydrogens (tertiary/aromatic N) is 3. The van der Waals surface area contributed by atoms with Crippen molar-refractivity contribution in [2.24, 2.45) is 0 Å². The molecule has 0 unspecified atom stereocenters. The first kappa shape index (κ1) is 24.5. The van der Waals surface area contributed by atoms with Gasteiger partial charge in [0.2, 0.25) is 5.91 Å². The van der Waals surface area contributed by atoms with Crippen LogP contribution in [0.3, 0.4) is 0 Å². The van der Waals surface area contributed by atoms with E-state index in [1.54, 1.807) is 29.2 Å². The van der Waals surface area contributed by atoms with Crippen molar-refractivity contribution in [2.75, 3.05) is 10.8 Å². The van der Waals surface area contributed by atoms with E-state index >= 15 is 0 Å². The molecular weight excluding hydrogens is 522 g/mol. The number of rotatable bonds is 6. The molecule has 2 atom stereocenters. The van der Waals surface area contributed by atoms with E-state index in [0.29, 0.717) is 0 Å². The molecule has 172 valence electrons. The SMILES string of the molecule is C[C@@H]1CCC[C@H](C)N1C(=O)CN(c1ccc(Br)cc1)S(=O)(=O)c1ccc(Cl)c([N+](=O)[O-])c1. The van der Waals surface area contributed by atoms with Crippen molar-refractivity contribution < 1.29 is 18.1 Å². The minimum absolute atomic E-state index is 0.00246. The number of sulfonamides is 1. The van der Waals surface area contributed by atoms with Gasteiger partial charge in [-0.15, -0.1) is 0 Å². The first-order chi connectivity index (χ1) is 15.0. The zero-order valence-electron chi connectivity index (χ0n) is 17.6. The number of nitro benzene ring substituents is 1. The summed E-state index contributed by atoms with van der Waals surface area (Å²) in [5.74, 6) is -0.320. The number of piperidine rings is 1. The number of benzene rings is 2. The highest BCUT2D eigenvalue weighted by Gasteiger charge is 2.34. The van der Waals surface area contributed by atoms with Gasteiger partial charge < -0.3 is 4.90 Å². The zero-order valence-corrected chi connectivity index (χ0v) is 20.7. The lowest BCUT2D eigenvalue weighted by Gasteiger charge is -2.40. The molecule has 32 heavy (non-hydrogen) atoms. The van der Waals surface area contributed by atoms with E-state index in [0.717, 1.165) is 34.1 Å². The second kappa shape index (κ2) is 9.76. The third-order valence-electron chi connectivity index (χ3n) is 5.58. The molecule has 11 heteroatoms. The molecule has 1 fully saturated rings. The van der Waals surface area contributed by atoms with Crippen molar-refractivity contribution >= 4 is 54.8 Å². The van der Waals surface area contributed by atoms with E-state index in [1.807, 2.05) is 13.8 Å². The van der Waals surface area contributed by atoms with Gasteiger partial charge in [0.15, 0.2) is 0 Å². The van der Waals surface area contributed by atoms with Crippen LogP contribution < -0.4 is 4.31 Å². The molecule has 2 aromatic rings. The van der Waals surface area contributed by atoms with Crippen LogP contribution in [0.15, 0.2) is 51.8 Å². The van der Waals surface area contributed by atoms with Crippen LogP contribution in [0.4, 0.5) is 11.4 Å². The average Bonchev–Trinajstić information content (AvgIpc) is 2.72. The Bertz CT molecular complexity index is 1120. The smallest absolute Gasteiger partial charge is 0.289 e. The highest BCUT2D eigenvalue weighted by Crippen LogP contribution is 2.32. The Labute approximate surface area is 200 Å². The highest BCUT2D eigenvalue weighted by atomic mass is 79.9. The van der Waals surface area contributed by atoms with Crippen molar-refractivity contribution in [3.05, 3.63) is 62.1 Å². The second-order valence-corrected chi connectivity index (χ2v) is 11.0. The topological polar surface area (TPSA) is 101 Å². The summed E-state index contributed by atoms with van der Waals surface area (Å²) in [5.41, 5.74) is -0.246. The predicted molar refractivity (Wildman–Crippen MR) is 126 cm³/mol. The number of hydrogen-bond acceptors (Lipinski definition) is 5. The molecule has 0 N–H and O–H groups in total. The van der Waals surface area contributed by atoms with Crippen LogP contribution in [0, 0.1) is 10.1 Å². The quantitative estimate of drug-likeness (QED) is 0.376. The van der Waals surface area contributed by atoms with E-state index in [1.165, 1.54) is 12.1 Å². The first-order valence-corrected chi connectivity index (χ1v) is 12.7. The van der Waals surface area contributed by atoms with Crippen LogP contribution in [0.5, 0.6) is 0 Å². The molecule has 0 bridgehead atoms. The van der Waals surface area contributed by atoms with Crippen molar-refractivity contribution in [3.63, 3.8) is 0 Å². The van der Waals surface area contributed by atoms with E-state index in [4.69, 9.17) is 11.6 Å². The Morgan fingerprint density at radius 1 is 1.19 bits per heavy atom. The van der Waals surface area contributed by atoms with Gasteiger partial charge in [-0.3, -0.25) is 19.2 Å². The van der Waals surface area contributed by atoms with Crippen LogP contribution in [0.2, 0.25) is 5.02 Å². The predicted octanol–water partition coefficient (Wildman–Crippen LogP) is 5.00. The third kappa shape index (κ3) is 5.07. The van der Waals surface area contributed by atoms with Crippen molar-refractivity contribution in [1.82, 2.24) is 4.90 Å². The van der Waals surface area contributed by atoms with E-state index in [2.05, 4.69) is 15.9 Å². The van der Waals surface area contributed by atoms with Gasteiger partial charge in [-0.25, -0.2) is 8.42 Å². The van der Waals surface area contributed by atoms with Crippen molar-refractivity contribution in [3.8, 4) is 0 Å². The summed E-state index contributed by atoms with van der Waals surface area (Å²) >= 11 is 9.18. The number of carbonyl (C=O) groups is 1. The maximum absolute atomic E-state index is 13.6. The summed E-state index contributed by atoms with van der Waals surface area (Å²) in [6.45, 7) is 3.48. The summed E-state index contributed by atoms with van der Waals surface area (Å²) in [6, 6.07) is 9.76. The molecule has 1 aliphatic rings. The van der Waals surface area contributed by atoms with Crippen LogP contribution in [-0.4, -0.2) is 42.8 Å². The number of nitro groups is 1. The third-order valence-corrected chi connectivity index (χ3v) is 8.20. The zero-order chi connectivity index (χ0) is 23.6. The lowest BCUT2D eigenvalue weighted by Crippen LogP contribution is -2.52. The van der Waals surface area contributed by atoms with Crippen molar-refractivity contribution in [1.29, 1.82) is 0 Å². The molecule has 1 amide bonds. The average molecular weight is 545 g/mol. The van der Waals surface area contributed by atoms with Gasteiger partial charge in [0.05, 0.1) is 15.5 Å². The van der Waals surface area contributed by atoms with E-state index in [-0.39, 0.29) is 33.6 Å². The van der Waals surface area contributed by atoms with Gasteiger partial charge >= 0.3 is 0 Å². The van der Waals surface area contributed by atoms with Gasteiger partial charge in [-0.1, -0.05) is 27.5 Å². The lowest BCUT2D eigenvalue weighted by atomic mass is 9.97. The minimum Gasteiger partial charge on any atom is -0.336 e. The Morgan fingerprint density at radius 3 is 2.34 bits per heavy atom. The summed E-state index contributed by atoms with van der Waals surface area (Å²) < 4.78 is 28.9. The maximum Gasteiger partial charge on any atom is 0.289 e. The molecule has 0 radical (unpaired) electrons. The number of hydrogen-bond donors (Lipinski definition) is 0. The second-order valence-electron chi connectivity index (χ2n) is 7.79. The molecule has 2 aromatic carbocycles. The number of halogens is 2. The fourth-order valence-electron chi connectivity index (χ4n) is 3.96. The largest absolute Gasteiger partial charge is 0.336 e. The monoisotopic (exact) mass is 543 g/mol. The van der Waals surface area contributed by atoms with Crippen LogP contribution in [0.25, 0.3) is 0 Å². The highest BCUT2D eigenvalue weighted by molar-refractivity contribution is 9.10.